The molecule has 0 aliphatic rings. The van der Waals surface area contributed by atoms with Crippen LogP contribution < -0.4 is 4.74 Å². The standard InChI is InChI=1S/C32H33N7O9/c1-5-44-30-33-26-12-8-11-25(29(40)46-32(3,4)47-31(41)45-18-17-20(2)48-39(42)43)27(26)38(30)19-21-13-15-22(16-14-21)23-9-6-7-10-24(23)28-34-36-37-35-28/h6-16,20H,5,17-19H2,1-4H3,(H,34,35,36,37)/t20-/m1/s1. The molecule has 0 aliphatic carbocycles. The first-order valence-corrected chi connectivity index (χ1v) is 15.0. The van der Waals surface area contributed by atoms with Crippen molar-refractivity contribution in [3.8, 4) is 28.5 Å². The number of esters is 1. The number of ether oxygens (including phenoxy) is 4. The van der Waals surface area contributed by atoms with Gasteiger partial charge in [0.05, 0.1) is 36.4 Å². The first-order valence-electron chi connectivity index (χ1n) is 15.0. The third-order valence-corrected chi connectivity index (χ3v) is 7.02. The number of nitrogens with zero attached hydrogens (tertiary/aromatic N) is 6. The molecule has 0 radical (unpaired) electrons. The average molecular weight is 660 g/mol. The molecule has 1 N–H and O–H groups in total. The summed E-state index contributed by atoms with van der Waals surface area (Å²) < 4.78 is 23.4. The fourth-order valence-electron chi connectivity index (χ4n) is 4.93. The van der Waals surface area contributed by atoms with Crippen LogP contribution in [0.2, 0.25) is 0 Å². The lowest BCUT2D eigenvalue weighted by molar-refractivity contribution is -0.767. The van der Waals surface area contributed by atoms with Crippen LogP contribution in [-0.4, -0.2) is 72.5 Å². The molecule has 3 aromatic carbocycles. The zero-order chi connectivity index (χ0) is 34.3. The number of rotatable bonds is 14. The quantitative estimate of drug-likeness (QED) is 0.0693. The summed E-state index contributed by atoms with van der Waals surface area (Å²) in [5.74, 6) is -2.01. The van der Waals surface area contributed by atoms with Gasteiger partial charge in [0.15, 0.2) is 0 Å². The van der Waals surface area contributed by atoms with Crippen LogP contribution in [0.3, 0.4) is 0 Å². The van der Waals surface area contributed by atoms with Gasteiger partial charge in [0, 0.05) is 25.8 Å². The monoisotopic (exact) mass is 659 g/mol. The van der Waals surface area contributed by atoms with Crippen molar-refractivity contribution in [2.45, 2.75) is 52.6 Å². The molecule has 1 atom stereocenters. The number of imidazole rings is 1. The second-order valence-corrected chi connectivity index (χ2v) is 11.0. The highest BCUT2D eigenvalue weighted by molar-refractivity contribution is 6.02. The number of carbonyl (C=O) groups is 2. The Morgan fingerprint density at radius 2 is 1.77 bits per heavy atom. The van der Waals surface area contributed by atoms with E-state index in [1.54, 1.807) is 22.8 Å². The Morgan fingerprint density at radius 1 is 1.02 bits per heavy atom. The largest absolute Gasteiger partial charge is 0.511 e. The number of hydrogen-bond acceptors (Lipinski definition) is 13. The molecule has 0 bridgehead atoms. The number of hydrogen-bond donors (Lipinski definition) is 1. The summed E-state index contributed by atoms with van der Waals surface area (Å²) in [5.41, 5.74) is 4.77. The van der Waals surface area contributed by atoms with Crippen LogP contribution >= 0.6 is 0 Å². The highest BCUT2D eigenvalue weighted by atomic mass is 17.0. The van der Waals surface area contributed by atoms with E-state index in [2.05, 4.69) is 30.4 Å². The molecule has 16 nitrogen and oxygen atoms in total. The number of tetrazole rings is 1. The van der Waals surface area contributed by atoms with E-state index in [0.717, 1.165) is 22.3 Å². The van der Waals surface area contributed by atoms with E-state index in [4.69, 9.17) is 18.9 Å². The van der Waals surface area contributed by atoms with Crippen LogP contribution in [0, 0.1) is 10.1 Å². The third-order valence-electron chi connectivity index (χ3n) is 7.02. The highest BCUT2D eigenvalue weighted by Crippen LogP contribution is 2.31. The Bertz CT molecular complexity index is 1890. The molecule has 0 spiro atoms. The molecule has 2 aromatic heterocycles. The minimum absolute atomic E-state index is 0.0563. The highest BCUT2D eigenvalue weighted by Gasteiger charge is 2.31. The topological polar surface area (TPSA) is 196 Å². The molecule has 16 heteroatoms. The number of aromatic nitrogens is 6. The summed E-state index contributed by atoms with van der Waals surface area (Å²) in [5, 5.41) is 23.9. The van der Waals surface area contributed by atoms with Gasteiger partial charge in [0.2, 0.25) is 5.82 Å². The molecule has 5 rings (SSSR count). The second-order valence-electron chi connectivity index (χ2n) is 11.0. The van der Waals surface area contributed by atoms with E-state index >= 15 is 0 Å². The smallest absolute Gasteiger partial charge is 0.465 e. The van der Waals surface area contributed by atoms with Gasteiger partial charge in [0.25, 0.3) is 16.9 Å². The van der Waals surface area contributed by atoms with Crippen molar-refractivity contribution in [2.75, 3.05) is 13.2 Å². The van der Waals surface area contributed by atoms with Crippen LogP contribution in [-0.2, 0) is 25.6 Å². The molecule has 5 aromatic rings. The van der Waals surface area contributed by atoms with Crippen LogP contribution in [0.15, 0.2) is 66.7 Å². The first-order chi connectivity index (χ1) is 23.0. The van der Waals surface area contributed by atoms with Gasteiger partial charge in [-0.1, -0.05) is 54.6 Å². The van der Waals surface area contributed by atoms with Crippen LogP contribution in [0.1, 0.15) is 50.0 Å². The summed E-state index contributed by atoms with van der Waals surface area (Å²) in [6, 6.07) is 21.0. The molecule has 0 saturated heterocycles. The molecular formula is C32H33N7O9. The molecule has 0 aliphatic heterocycles. The Hall–Kier alpha value is -6.06. The zero-order valence-electron chi connectivity index (χ0n) is 26.6. The predicted molar refractivity (Wildman–Crippen MR) is 169 cm³/mol. The van der Waals surface area contributed by atoms with Crippen molar-refractivity contribution in [1.29, 1.82) is 0 Å². The van der Waals surface area contributed by atoms with Crippen LogP contribution in [0.4, 0.5) is 4.79 Å². The Morgan fingerprint density at radius 3 is 2.46 bits per heavy atom. The van der Waals surface area contributed by atoms with Gasteiger partial charge in [0.1, 0.15) is 6.10 Å². The third kappa shape index (κ3) is 8.01. The van der Waals surface area contributed by atoms with E-state index in [1.807, 2.05) is 55.5 Å². The average Bonchev–Trinajstić information content (AvgIpc) is 3.69. The van der Waals surface area contributed by atoms with Crippen molar-refractivity contribution >= 4 is 23.2 Å². The maximum Gasteiger partial charge on any atom is 0.511 e. The van der Waals surface area contributed by atoms with Crippen molar-refractivity contribution in [1.82, 2.24) is 30.2 Å². The van der Waals surface area contributed by atoms with Gasteiger partial charge in [-0.05, 0) is 47.9 Å². The maximum atomic E-state index is 13.5. The molecule has 48 heavy (non-hydrogen) atoms. The minimum Gasteiger partial charge on any atom is -0.465 e. The van der Waals surface area contributed by atoms with Crippen molar-refractivity contribution < 1.29 is 38.5 Å². The van der Waals surface area contributed by atoms with Gasteiger partial charge in [-0.15, -0.1) is 20.3 Å². The minimum atomic E-state index is -1.72. The van der Waals surface area contributed by atoms with Gasteiger partial charge in [-0.25, -0.2) is 9.59 Å². The van der Waals surface area contributed by atoms with Gasteiger partial charge < -0.3 is 23.8 Å². The Kier molecular flexibility index (Phi) is 10.1. The summed E-state index contributed by atoms with van der Waals surface area (Å²) in [6.07, 6.45) is -1.85. The molecule has 250 valence electrons. The van der Waals surface area contributed by atoms with E-state index in [0.29, 0.717) is 36.0 Å². The SMILES string of the molecule is CCOc1nc2cccc(C(=O)OC(C)(C)OC(=O)OCC[C@@H](C)O[N+](=O)[O-])c2n1Cc1ccc(-c2ccccc2-c2nn[nH]n2)cc1. The van der Waals surface area contributed by atoms with Crippen LogP contribution in [0.25, 0.3) is 33.5 Å². The number of H-pyrrole nitrogens is 1. The number of fused-ring (bicyclic) bond motifs is 1. The lowest BCUT2D eigenvalue weighted by Crippen LogP contribution is -2.34. The lowest BCUT2D eigenvalue weighted by Gasteiger charge is -2.24. The molecule has 0 fully saturated rings. The van der Waals surface area contributed by atoms with E-state index < -0.39 is 29.1 Å². The van der Waals surface area contributed by atoms with E-state index in [1.165, 1.54) is 20.8 Å². The summed E-state index contributed by atoms with van der Waals surface area (Å²) in [6.45, 7) is 6.51. The molecule has 2 heterocycles. The van der Waals surface area contributed by atoms with E-state index in [9.17, 15) is 19.7 Å². The number of aromatic amines is 1. The lowest BCUT2D eigenvalue weighted by atomic mass is 9.98. The molecule has 0 saturated carbocycles. The van der Waals surface area contributed by atoms with Crippen LogP contribution in [0.5, 0.6) is 6.01 Å². The van der Waals surface area contributed by atoms with Crippen molar-refractivity contribution in [3.05, 3.63) is 88.0 Å². The van der Waals surface area contributed by atoms with E-state index in [-0.39, 0.29) is 18.6 Å². The summed E-state index contributed by atoms with van der Waals surface area (Å²) in [7, 11) is 0. The normalized spacial score (nSPS) is 11.9. The number of nitrogens with one attached hydrogen (secondary N) is 1. The van der Waals surface area contributed by atoms with Gasteiger partial charge in [-0.2, -0.15) is 10.2 Å². The molecule has 0 amide bonds. The Balaban J connectivity index is 1.34. The van der Waals surface area contributed by atoms with Crippen molar-refractivity contribution in [3.63, 3.8) is 0 Å². The van der Waals surface area contributed by atoms with Crippen molar-refractivity contribution in [2.24, 2.45) is 0 Å². The first kappa shape index (κ1) is 33.3. The zero-order valence-corrected chi connectivity index (χ0v) is 26.6. The van der Waals surface area contributed by atoms with Gasteiger partial charge >= 0.3 is 12.1 Å². The summed E-state index contributed by atoms with van der Waals surface area (Å²) >= 11 is 0. The Labute approximate surface area is 274 Å². The molecule has 0 unspecified atom stereocenters. The summed E-state index contributed by atoms with van der Waals surface area (Å²) in [4.78, 5) is 45.2. The number of carbonyl (C=O) groups excluding carboxylic acids is 2. The number of para-hydroxylation sites is 1. The fourth-order valence-corrected chi connectivity index (χ4v) is 4.93. The van der Waals surface area contributed by atoms with Gasteiger partial charge in [-0.3, -0.25) is 4.57 Å². The fraction of sp³-hybridized carbons (Fsp3) is 0.312. The maximum absolute atomic E-state index is 13.5. The molecular weight excluding hydrogens is 626 g/mol. The number of benzene rings is 3. The predicted octanol–water partition coefficient (Wildman–Crippen LogP) is 5.36. The second kappa shape index (κ2) is 14.6.